The van der Waals surface area contributed by atoms with E-state index in [0.717, 1.165) is 10.0 Å². The Hall–Kier alpha value is -0.840. The van der Waals surface area contributed by atoms with E-state index in [-0.39, 0.29) is 11.9 Å². The SMILES string of the molecule is NC(Cc1ccc(F)cc1Cl)c1occc1Br. The summed E-state index contributed by atoms with van der Waals surface area (Å²) in [6.07, 6.45) is 2.05. The Morgan fingerprint density at radius 3 is 2.76 bits per heavy atom. The van der Waals surface area contributed by atoms with E-state index in [1.165, 1.54) is 12.1 Å². The monoisotopic (exact) mass is 317 g/mol. The van der Waals surface area contributed by atoms with Crippen LogP contribution in [0.1, 0.15) is 17.4 Å². The first-order chi connectivity index (χ1) is 8.08. The minimum Gasteiger partial charge on any atom is -0.466 e. The molecule has 0 aliphatic heterocycles. The summed E-state index contributed by atoms with van der Waals surface area (Å²) in [6, 6.07) is 5.74. The molecule has 0 bridgehead atoms. The molecule has 17 heavy (non-hydrogen) atoms. The highest BCUT2D eigenvalue weighted by atomic mass is 79.9. The first-order valence-corrected chi connectivity index (χ1v) is 6.17. The van der Waals surface area contributed by atoms with E-state index in [1.54, 1.807) is 18.4 Å². The molecule has 5 heteroatoms. The molecule has 2 aromatic rings. The van der Waals surface area contributed by atoms with Gasteiger partial charge in [0.25, 0.3) is 0 Å². The third-order valence-electron chi connectivity index (χ3n) is 2.44. The average Bonchev–Trinajstić information content (AvgIpc) is 2.68. The molecule has 0 aliphatic carbocycles. The van der Waals surface area contributed by atoms with Gasteiger partial charge in [-0.3, -0.25) is 0 Å². The van der Waals surface area contributed by atoms with Gasteiger partial charge in [0, 0.05) is 5.02 Å². The van der Waals surface area contributed by atoms with Crippen molar-refractivity contribution < 1.29 is 8.81 Å². The average molecular weight is 319 g/mol. The lowest BCUT2D eigenvalue weighted by Crippen LogP contribution is -2.13. The maximum absolute atomic E-state index is 12.9. The molecule has 0 fully saturated rings. The molecule has 1 atom stereocenters. The molecule has 1 aromatic heterocycles. The maximum atomic E-state index is 12.9. The molecular formula is C12H10BrClFNO. The van der Waals surface area contributed by atoms with Gasteiger partial charge in [-0.05, 0) is 46.1 Å². The number of benzene rings is 1. The quantitative estimate of drug-likeness (QED) is 0.926. The van der Waals surface area contributed by atoms with Gasteiger partial charge in [0.2, 0.25) is 0 Å². The van der Waals surface area contributed by atoms with Crippen LogP contribution in [0.4, 0.5) is 4.39 Å². The van der Waals surface area contributed by atoms with Gasteiger partial charge in [-0.25, -0.2) is 4.39 Å². The summed E-state index contributed by atoms with van der Waals surface area (Å²) >= 11 is 9.28. The predicted octanol–water partition coefficient (Wildman–Crippen LogP) is 4.08. The molecule has 0 saturated carbocycles. The van der Waals surface area contributed by atoms with E-state index in [1.807, 2.05) is 0 Å². The first kappa shape index (κ1) is 12.6. The first-order valence-electron chi connectivity index (χ1n) is 5.00. The lowest BCUT2D eigenvalue weighted by molar-refractivity contribution is 0.462. The topological polar surface area (TPSA) is 39.2 Å². The van der Waals surface area contributed by atoms with Crippen LogP contribution in [0.25, 0.3) is 0 Å². The van der Waals surface area contributed by atoms with Gasteiger partial charge in [0.1, 0.15) is 11.6 Å². The van der Waals surface area contributed by atoms with E-state index in [0.29, 0.717) is 17.2 Å². The molecule has 2 N–H and O–H groups in total. The third kappa shape index (κ3) is 2.89. The molecule has 2 rings (SSSR count). The fraction of sp³-hybridized carbons (Fsp3) is 0.167. The molecule has 1 heterocycles. The fourth-order valence-corrected chi connectivity index (χ4v) is 2.33. The van der Waals surface area contributed by atoms with Crippen LogP contribution in [-0.4, -0.2) is 0 Å². The van der Waals surface area contributed by atoms with Crippen LogP contribution in [0, 0.1) is 5.82 Å². The maximum Gasteiger partial charge on any atom is 0.134 e. The molecule has 2 nitrogen and oxygen atoms in total. The zero-order chi connectivity index (χ0) is 12.4. The van der Waals surface area contributed by atoms with Crippen molar-refractivity contribution >= 4 is 27.5 Å². The summed E-state index contributed by atoms with van der Waals surface area (Å²) in [5.41, 5.74) is 6.80. The summed E-state index contributed by atoms with van der Waals surface area (Å²) in [6.45, 7) is 0. The Morgan fingerprint density at radius 1 is 1.41 bits per heavy atom. The third-order valence-corrected chi connectivity index (χ3v) is 3.44. The molecule has 90 valence electrons. The second kappa shape index (κ2) is 5.21. The number of furan rings is 1. The second-order valence-corrected chi connectivity index (χ2v) is 4.94. The summed E-state index contributed by atoms with van der Waals surface area (Å²) in [4.78, 5) is 0. The van der Waals surface area contributed by atoms with Crippen LogP contribution in [0.3, 0.4) is 0 Å². The molecule has 0 amide bonds. The summed E-state index contributed by atoms with van der Waals surface area (Å²) in [5.74, 6) is 0.303. The van der Waals surface area contributed by atoms with Gasteiger partial charge in [-0.1, -0.05) is 17.7 Å². The number of hydrogen-bond donors (Lipinski definition) is 1. The minimum atomic E-state index is -0.355. The number of hydrogen-bond acceptors (Lipinski definition) is 2. The van der Waals surface area contributed by atoms with Gasteiger partial charge in [0.15, 0.2) is 0 Å². The number of rotatable bonds is 3. The fourth-order valence-electron chi connectivity index (χ4n) is 1.59. The Bertz CT molecular complexity index is 529. The molecule has 0 spiro atoms. The summed E-state index contributed by atoms with van der Waals surface area (Å²) in [5, 5.41) is 0.378. The van der Waals surface area contributed by atoms with E-state index in [4.69, 9.17) is 21.8 Å². The largest absolute Gasteiger partial charge is 0.466 e. The van der Waals surface area contributed by atoms with E-state index in [2.05, 4.69) is 15.9 Å². The van der Waals surface area contributed by atoms with E-state index in [9.17, 15) is 4.39 Å². The summed E-state index contributed by atoms with van der Waals surface area (Å²) in [7, 11) is 0. The Balaban J connectivity index is 2.19. The Kier molecular flexibility index (Phi) is 3.86. The second-order valence-electron chi connectivity index (χ2n) is 3.68. The highest BCUT2D eigenvalue weighted by Gasteiger charge is 2.15. The standard InChI is InChI=1S/C12H10BrClFNO/c13-9-3-4-17-12(9)11(16)5-7-1-2-8(15)6-10(7)14/h1-4,6,11H,5,16H2. The molecule has 0 radical (unpaired) electrons. The normalized spacial score (nSPS) is 12.7. The van der Waals surface area contributed by atoms with Crippen LogP contribution < -0.4 is 5.73 Å². The van der Waals surface area contributed by atoms with Crippen molar-refractivity contribution in [3.05, 3.63) is 57.2 Å². The van der Waals surface area contributed by atoms with E-state index >= 15 is 0 Å². The van der Waals surface area contributed by atoms with Crippen molar-refractivity contribution in [1.29, 1.82) is 0 Å². The van der Waals surface area contributed by atoms with Crippen LogP contribution in [0.5, 0.6) is 0 Å². The summed E-state index contributed by atoms with van der Waals surface area (Å²) < 4.78 is 19.0. The zero-order valence-electron chi connectivity index (χ0n) is 8.79. The van der Waals surface area contributed by atoms with Gasteiger partial charge >= 0.3 is 0 Å². The number of nitrogens with two attached hydrogens (primary N) is 1. The van der Waals surface area contributed by atoms with Crippen LogP contribution in [0.2, 0.25) is 5.02 Å². The lowest BCUT2D eigenvalue weighted by Gasteiger charge is -2.11. The molecule has 0 aliphatic rings. The van der Waals surface area contributed by atoms with Gasteiger partial charge in [0.05, 0.1) is 16.8 Å². The number of halogens is 3. The molecule has 1 unspecified atom stereocenters. The van der Waals surface area contributed by atoms with E-state index < -0.39 is 0 Å². The van der Waals surface area contributed by atoms with Crippen LogP contribution >= 0.6 is 27.5 Å². The van der Waals surface area contributed by atoms with Crippen molar-refractivity contribution in [1.82, 2.24) is 0 Å². The zero-order valence-corrected chi connectivity index (χ0v) is 11.1. The minimum absolute atomic E-state index is 0.317. The van der Waals surface area contributed by atoms with Crippen LogP contribution in [-0.2, 0) is 6.42 Å². The highest BCUT2D eigenvalue weighted by molar-refractivity contribution is 9.10. The highest BCUT2D eigenvalue weighted by Crippen LogP contribution is 2.27. The lowest BCUT2D eigenvalue weighted by atomic mass is 10.0. The van der Waals surface area contributed by atoms with Crippen molar-refractivity contribution in [2.24, 2.45) is 5.73 Å². The molecular weight excluding hydrogens is 308 g/mol. The van der Waals surface area contributed by atoms with Gasteiger partial charge in [-0.2, -0.15) is 0 Å². The van der Waals surface area contributed by atoms with Crippen molar-refractivity contribution in [2.75, 3.05) is 0 Å². The molecule has 1 aromatic carbocycles. The van der Waals surface area contributed by atoms with Gasteiger partial charge < -0.3 is 10.2 Å². The van der Waals surface area contributed by atoms with Crippen molar-refractivity contribution in [3.63, 3.8) is 0 Å². The van der Waals surface area contributed by atoms with Gasteiger partial charge in [-0.15, -0.1) is 0 Å². The Labute approximate surface area is 112 Å². The smallest absolute Gasteiger partial charge is 0.134 e. The Morgan fingerprint density at radius 2 is 2.18 bits per heavy atom. The van der Waals surface area contributed by atoms with Crippen molar-refractivity contribution in [3.8, 4) is 0 Å². The predicted molar refractivity (Wildman–Crippen MR) is 68.5 cm³/mol. The molecule has 0 saturated heterocycles. The van der Waals surface area contributed by atoms with Crippen LogP contribution in [0.15, 0.2) is 39.4 Å². The van der Waals surface area contributed by atoms with Crippen molar-refractivity contribution in [2.45, 2.75) is 12.5 Å².